The van der Waals surface area contributed by atoms with Crippen molar-refractivity contribution < 1.29 is 9.26 Å². The fourth-order valence-corrected chi connectivity index (χ4v) is 3.68. The molecule has 0 bridgehead atoms. The Kier molecular flexibility index (Phi) is 4.60. The van der Waals surface area contributed by atoms with E-state index in [0.29, 0.717) is 17.9 Å². The van der Waals surface area contributed by atoms with Crippen LogP contribution in [0.1, 0.15) is 57.3 Å². The van der Waals surface area contributed by atoms with E-state index in [2.05, 4.69) is 28.9 Å². The van der Waals surface area contributed by atoms with Crippen molar-refractivity contribution in [2.75, 3.05) is 19.6 Å². The van der Waals surface area contributed by atoms with Gasteiger partial charge in [-0.2, -0.15) is 4.98 Å². The Morgan fingerprint density at radius 1 is 1.33 bits per heavy atom. The molecular weight excluding hydrogens is 266 g/mol. The molecule has 2 fully saturated rings. The van der Waals surface area contributed by atoms with Crippen LogP contribution < -0.4 is 0 Å². The lowest BCUT2D eigenvalue weighted by Gasteiger charge is -2.35. The zero-order chi connectivity index (χ0) is 14.8. The van der Waals surface area contributed by atoms with Gasteiger partial charge in [0.05, 0.1) is 6.10 Å². The van der Waals surface area contributed by atoms with Crippen LogP contribution in [0.3, 0.4) is 0 Å². The number of ether oxygens (including phenoxy) is 1. The van der Waals surface area contributed by atoms with Crippen LogP contribution in [0.4, 0.5) is 0 Å². The molecule has 5 nitrogen and oxygen atoms in total. The highest BCUT2D eigenvalue weighted by molar-refractivity contribution is 4.98. The Bertz CT molecular complexity index is 458. The Labute approximate surface area is 127 Å². The van der Waals surface area contributed by atoms with E-state index in [1.165, 1.54) is 32.4 Å². The second-order valence-corrected chi connectivity index (χ2v) is 6.56. The number of fused-ring (bicyclic) bond motifs is 1. The van der Waals surface area contributed by atoms with Crippen molar-refractivity contribution in [3.63, 3.8) is 0 Å². The molecule has 3 rings (SSSR count). The van der Waals surface area contributed by atoms with Gasteiger partial charge < -0.3 is 14.2 Å². The van der Waals surface area contributed by atoms with Gasteiger partial charge in [0.1, 0.15) is 6.10 Å². The molecule has 0 radical (unpaired) electrons. The standard InChI is InChI=1S/C16H27N3O2/c1-4-12(5-2)9-19-7-6-13-8-14(20-15(13)10-19)16-17-11(3)21-18-16/h12-15H,4-10H2,1-3H3/t13-,14-,15+/m0/s1. The molecule has 21 heavy (non-hydrogen) atoms. The molecular formula is C16H27N3O2. The van der Waals surface area contributed by atoms with Gasteiger partial charge in [0.25, 0.3) is 0 Å². The third kappa shape index (κ3) is 3.29. The fourth-order valence-electron chi connectivity index (χ4n) is 3.68. The normalized spacial score (nSPS) is 30.0. The summed E-state index contributed by atoms with van der Waals surface area (Å²) in [4.78, 5) is 6.91. The second-order valence-electron chi connectivity index (χ2n) is 6.56. The van der Waals surface area contributed by atoms with Crippen molar-refractivity contribution in [1.82, 2.24) is 15.0 Å². The summed E-state index contributed by atoms with van der Waals surface area (Å²) in [6.45, 7) is 9.90. The summed E-state index contributed by atoms with van der Waals surface area (Å²) in [7, 11) is 0. The molecule has 118 valence electrons. The van der Waals surface area contributed by atoms with E-state index in [0.717, 1.165) is 24.7 Å². The van der Waals surface area contributed by atoms with Crippen molar-refractivity contribution in [3.8, 4) is 0 Å². The minimum atomic E-state index is 0.0329. The smallest absolute Gasteiger partial charge is 0.223 e. The van der Waals surface area contributed by atoms with Crippen molar-refractivity contribution in [2.24, 2.45) is 11.8 Å². The number of aryl methyl sites for hydroxylation is 1. The van der Waals surface area contributed by atoms with Gasteiger partial charge in [-0.3, -0.25) is 0 Å². The lowest BCUT2D eigenvalue weighted by atomic mass is 9.90. The first-order valence-corrected chi connectivity index (χ1v) is 8.37. The summed E-state index contributed by atoms with van der Waals surface area (Å²) in [5.74, 6) is 2.83. The Hall–Kier alpha value is -0.940. The number of aromatic nitrogens is 2. The third-order valence-electron chi connectivity index (χ3n) is 5.14. The molecule has 2 aliphatic heterocycles. The number of hydrogen-bond acceptors (Lipinski definition) is 5. The van der Waals surface area contributed by atoms with E-state index in [1.54, 1.807) is 0 Å². The van der Waals surface area contributed by atoms with Gasteiger partial charge in [0, 0.05) is 20.0 Å². The average molecular weight is 293 g/mol. The fraction of sp³-hybridized carbons (Fsp3) is 0.875. The predicted molar refractivity (Wildman–Crippen MR) is 79.9 cm³/mol. The summed E-state index contributed by atoms with van der Waals surface area (Å²) < 4.78 is 11.3. The highest BCUT2D eigenvalue weighted by Crippen LogP contribution is 2.40. The molecule has 3 atom stereocenters. The van der Waals surface area contributed by atoms with Gasteiger partial charge in [-0.05, 0) is 31.2 Å². The van der Waals surface area contributed by atoms with Crippen LogP contribution in [0.2, 0.25) is 0 Å². The number of nitrogens with zero attached hydrogens (tertiary/aromatic N) is 3. The zero-order valence-electron chi connectivity index (χ0n) is 13.4. The van der Waals surface area contributed by atoms with Crippen LogP contribution in [-0.4, -0.2) is 40.8 Å². The van der Waals surface area contributed by atoms with Crippen molar-refractivity contribution in [3.05, 3.63) is 11.7 Å². The maximum Gasteiger partial charge on any atom is 0.223 e. The third-order valence-corrected chi connectivity index (χ3v) is 5.14. The molecule has 1 aromatic heterocycles. The van der Waals surface area contributed by atoms with Crippen LogP contribution in [0.15, 0.2) is 4.52 Å². The summed E-state index contributed by atoms with van der Waals surface area (Å²) in [5.41, 5.74) is 0. The zero-order valence-corrected chi connectivity index (χ0v) is 13.4. The van der Waals surface area contributed by atoms with Crippen molar-refractivity contribution >= 4 is 0 Å². The lowest BCUT2D eigenvalue weighted by Crippen LogP contribution is -2.44. The first kappa shape index (κ1) is 15.0. The van der Waals surface area contributed by atoms with Crippen LogP contribution in [0.5, 0.6) is 0 Å². The Morgan fingerprint density at radius 2 is 2.14 bits per heavy atom. The molecule has 0 saturated carbocycles. The molecule has 0 N–H and O–H groups in total. The Balaban J connectivity index is 1.57. The SMILES string of the molecule is CCC(CC)CN1CC[C@H]2C[C@@H](c3noc(C)n3)O[C@@H]2C1. The molecule has 5 heteroatoms. The molecule has 0 spiro atoms. The first-order valence-electron chi connectivity index (χ1n) is 8.37. The maximum atomic E-state index is 6.22. The topological polar surface area (TPSA) is 51.4 Å². The quantitative estimate of drug-likeness (QED) is 0.835. The molecule has 0 aromatic carbocycles. The van der Waals surface area contributed by atoms with E-state index in [4.69, 9.17) is 9.26 Å². The van der Waals surface area contributed by atoms with Crippen LogP contribution >= 0.6 is 0 Å². The van der Waals surface area contributed by atoms with Gasteiger partial charge in [-0.15, -0.1) is 0 Å². The Morgan fingerprint density at radius 3 is 2.81 bits per heavy atom. The van der Waals surface area contributed by atoms with Crippen molar-refractivity contribution in [1.29, 1.82) is 0 Å². The van der Waals surface area contributed by atoms with Crippen LogP contribution in [0.25, 0.3) is 0 Å². The summed E-state index contributed by atoms with van der Waals surface area (Å²) >= 11 is 0. The molecule has 0 unspecified atom stereocenters. The average Bonchev–Trinajstić information content (AvgIpc) is 3.10. The predicted octanol–water partition coefficient (Wildman–Crippen LogP) is 2.97. The molecule has 0 amide bonds. The van der Waals surface area contributed by atoms with Crippen LogP contribution in [-0.2, 0) is 4.74 Å². The largest absolute Gasteiger partial charge is 0.365 e. The lowest BCUT2D eigenvalue weighted by molar-refractivity contribution is -0.0141. The van der Waals surface area contributed by atoms with E-state index in [1.807, 2.05) is 6.92 Å². The second kappa shape index (κ2) is 6.44. The minimum Gasteiger partial charge on any atom is -0.365 e. The number of hydrogen-bond donors (Lipinski definition) is 0. The number of piperidine rings is 1. The number of rotatable bonds is 5. The highest BCUT2D eigenvalue weighted by Gasteiger charge is 2.41. The van der Waals surface area contributed by atoms with E-state index in [-0.39, 0.29) is 6.10 Å². The van der Waals surface area contributed by atoms with Crippen molar-refractivity contribution in [2.45, 2.75) is 58.7 Å². The summed E-state index contributed by atoms with van der Waals surface area (Å²) in [5, 5.41) is 4.02. The maximum absolute atomic E-state index is 6.22. The molecule has 1 aromatic rings. The highest BCUT2D eigenvalue weighted by atomic mass is 16.5. The molecule has 0 aliphatic carbocycles. The summed E-state index contributed by atoms with van der Waals surface area (Å²) in [6.07, 6.45) is 5.20. The van der Waals surface area contributed by atoms with Gasteiger partial charge in [-0.1, -0.05) is 31.8 Å². The van der Waals surface area contributed by atoms with E-state index >= 15 is 0 Å². The number of likely N-dealkylation sites (tertiary alicyclic amines) is 1. The summed E-state index contributed by atoms with van der Waals surface area (Å²) in [6, 6.07) is 0. The minimum absolute atomic E-state index is 0.0329. The molecule has 2 saturated heterocycles. The molecule has 2 aliphatic rings. The first-order chi connectivity index (χ1) is 10.2. The van der Waals surface area contributed by atoms with Crippen LogP contribution in [0, 0.1) is 18.8 Å². The monoisotopic (exact) mass is 293 g/mol. The molecule has 3 heterocycles. The van der Waals surface area contributed by atoms with Gasteiger partial charge in [0.2, 0.25) is 11.7 Å². The van der Waals surface area contributed by atoms with Gasteiger partial charge >= 0.3 is 0 Å². The van der Waals surface area contributed by atoms with E-state index in [9.17, 15) is 0 Å². The van der Waals surface area contributed by atoms with E-state index < -0.39 is 0 Å². The van der Waals surface area contributed by atoms with Gasteiger partial charge in [0.15, 0.2) is 0 Å². The van der Waals surface area contributed by atoms with Gasteiger partial charge in [-0.25, -0.2) is 0 Å².